The molecule has 30 heavy (non-hydrogen) atoms. The summed E-state index contributed by atoms with van der Waals surface area (Å²) >= 11 is 0. The molecule has 0 N–H and O–H groups in total. The number of nitro benzene ring substituents is 1. The predicted octanol–water partition coefficient (Wildman–Crippen LogP) is 2.38. The minimum absolute atomic E-state index is 0.0287. The number of esters is 2. The van der Waals surface area contributed by atoms with Crippen molar-refractivity contribution in [1.82, 2.24) is 4.31 Å². The molecule has 0 heterocycles. The third-order valence-corrected chi connectivity index (χ3v) is 5.73. The van der Waals surface area contributed by atoms with Gasteiger partial charge in [0.2, 0.25) is 10.0 Å². The van der Waals surface area contributed by atoms with Crippen molar-refractivity contribution < 1.29 is 32.4 Å². The molecule has 160 valence electrons. The van der Waals surface area contributed by atoms with Gasteiger partial charge in [-0.05, 0) is 30.7 Å². The van der Waals surface area contributed by atoms with Crippen LogP contribution in [0.25, 0.3) is 0 Å². The summed E-state index contributed by atoms with van der Waals surface area (Å²) in [4.78, 5) is 34.7. The van der Waals surface area contributed by atoms with E-state index >= 15 is 0 Å². The molecule has 0 aromatic heterocycles. The summed E-state index contributed by atoms with van der Waals surface area (Å²) in [5.41, 5.74) is -0.421. The first-order valence-electron chi connectivity index (χ1n) is 8.71. The van der Waals surface area contributed by atoms with Crippen LogP contribution in [0, 0.1) is 10.1 Å². The number of nitro groups is 1. The quantitative estimate of drug-likeness (QED) is 0.350. The molecule has 2 aromatic rings. The maximum absolute atomic E-state index is 12.4. The van der Waals surface area contributed by atoms with Crippen LogP contribution in [0.5, 0.6) is 0 Å². The van der Waals surface area contributed by atoms with Crippen LogP contribution in [0.4, 0.5) is 5.69 Å². The van der Waals surface area contributed by atoms with Crippen LogP contribution in [-0.2, 0) is 26.1 Å². The van der Waals surface area contributed by atoms with Crippen molar-refractivity contribution in [2.24, 2.45) is 0 Å². The van der Waals surface area contributed by atoms with Crippen LogP contribution in [-0.4, -0.2) is 50.3 Å². The van der Waals surface area contributed by atoms with Crippen molar-refractivity contribution in [1.29, 1.82) is 0 Å². The number of rotatable bonds is 8. The summed E-state index contributed by atoms with van der Waals surface area (Å²) in [7, 11) is -0.871. The van der Waals surface area contributed by atoms with Gasteiger partial charge in [0.25, 0.3) is 5.69 Å². The van der Waals surface area contributed by atoms with E-state index in [4.69, 9.17) is 9.47 Å². The van der Waals surface area contributed by atoms with Crippen LogP contribution < -0.4 is 0 Å². The number of hydrogen-bond donors (Lipinski definition) is 0. The molecule has 0 atom stereocenters. The third-order valence-electron chi connectivity index (χ3n) is 3.92. The van der Waals surface area contributed by atoms with Gasteiger partial charge in [0.05, 0.1) is 27.6 Å². The lowest BCUT2D eigenvalue weighted by Gasteiger charge is -2.12. The van der Waals surface area contributed by atoms with Crippen molar-refractivity contribution in [2.75, 3.05) is 20.7 Å². The largest absolute Gasteiger partial charge is 0.462 e. The number of benzene rings is 2. The van der Waals surface area contributed by atoms with Gasteiger partial charge in [0.15, 0.2) is 0 Å². The van der Waals surface area contributed by atoms with E-state index in [-0.39, 0.29) is 29.2 Å². The van der Waals surface area contributed by atoms with Crippen LogP contribution in [0.2, 0.25) is 0 Å². The molecule has 0 fully saturated rings. The van der Waals surface area contributed by atoms with Gasteiger partial charge < -0.3 is 9.47 Å². The molecule has 0 aliphatic rings. The van der Waals surface area contributed by atoms with Crippen LogP contribution >= 0.6 is 0 Å². The number of nitrogens with zero attached hydrogens (tertiary/aromatic N) is 2. The highest BCUT2D eigenvalue weighted by Crippen LogP contribution is 2.20. The second kappa shape index (κ2) is 9.46. The molecular formula is C19H20N2O8S. The molecule has 11 heteroatoms. The van der Waals surface area contributed by atoms with E-state index in [0.29, 0.717) is 5.56 Å². The van der Waals surface area contributed by atoms with E-state index in [0.717, 1.165) is 22.5 Å². The number of carbonyl (C=O) groups is 2. The summed E-state index contributed by atoms with van der Waals surface area (Å²) in [5, 5.41) is 11.1. The average Bonchev–Trinajstić information content (AvgIpc) is 2.71. The molecule has 0 amide bonds. The minimum atomic E-state index is -3.66. The van der Waals surface area contributed by atoms with Gasteiger partial charge in [-0.1, -0.05) is 12.1 Å². The van der Waals surface area contributed by atoms with E-state index in [2.05, 4.69) is 0 Å². The van der Waals surface area contributed by atoms with Gasteiger partial charge in [0, 0.05) is 26.2 Å². The van der Waals surface area contributed by atoms with E-state index in [9.17, 15) is 28.1 Å². The topological polar surface area (TPSA) is 133 Å². The molecule has 0 bridgehead atoms. The van der Waals surface area contributed by atoms with Gasteiger partial charge in [-0.15, -0.1) is 0 Å². The fraction of sp³-hybridized carbons (Fsp3) is 0.263. The van der Waals surface area contributed by atoms with Gasteiger partial charge in [-0.25, -0.2) is 22.3 Å². The Bertz CT molecular complexity index is 1080. The van der Waals surface area contributed by atoms with E-state index in [1.54, 1.807) is 13.0 Å². The molecular weight excluding hydrogens is 416 g/mol. The Kier molecular flexibility index (Phi) is 7.24. The number of hydrogen-bond acceptors (Lipinski definition) is 8. The molecule has 2 aromatic carbocycles. The SMILES string of the molecule is CCOC(=O)c1cc(C(=O)OCc2cccc(S(=O)(=O)N(C)C)c2)cc([N+](=O)[O-])c1. The molecule has 2 rings (SSSR count). The standard InChI is InChI=1S/C19H20N2O8S/c1-4-28-18(22)14-9-15(11-16(10-14)21(24)25)19(23)29-12-13-6-5-7-17(8-13)30(26,27)20(2)3/h5-11H,4,12H2,1-3H3. The van der Waals surface area contributed by atoms with E-state index in [1.165, 1.54) is 32.3 Å². The number of carbonyl (C=O) groups excluding carboxylic acids is 2. The first-order valence-corrected chi connectivity index (χ1v) is 10.2. The molecule has 0 spiro atoms. The Hall–Kier alpha value is -3.31. The van der Waals surface area contributed by atoms with E-state index in [1.807, 2.05) is 0 Å². The van der Waals surface area contributed by atoms with Gasteiger partial charge in [0.1, 0.15) is 6.61 Å². The third kappa shape index (κ3) is 5.39. The van der Waals surface area contributed by atoms with Crippen LogP contribution in [0.3, 0.4) is 0 Å². The summed E-state index contributed by atoms with van der Waals surface area (Å²) in [6.45, 7) is 1.37. The number of non-ortho nitro benzene ring substituents is 1. The van der Waals surface area contributed by atoms with Crippen molar-refractivity contribution >= 4 is 27.6 Å². The van der Waals surface area contributed by atoms with Gasteiger partial charge >= 0.3 is 11.9 Å². The molecule has 0 saturated heterocycles. The fourth-order valence-electron chi connectivity index (χ4n) is 2.41. The monoisotopic (exact) mass is 436 g/mol. The summed E-state index contributed by atoms with van der Waals surface area (Å²) in [6.07, 6.45) is 0. The summed E-state index contributed by atoms with van der Waals surface area (Å²) in [6, 6.07) is 8.97. The molecule has 0 saturated carbocycles. The molecule has 0 aliphatic carbocycles. The lowest BCUT2D eigenvalue weighted by molar-refractivity contribution is -0.384. The molecule has 0 aliphatic heterocycles. The summed E-state index contributed by atoms with van der Waals surface area (Å²) < 4.78 is 35.4. The van der Waals surface area contributed by atoms with Crippen molar-refractivity contribution in [3.05, 3.63) is 69.3 Å². The zero-order valence-corrected chi connectivity index (χ0v) is 17.3. The molecule has 10 nitrogen and oxygen atoms in total. The van der Waals surface area contributed by atoms with Gasteiger partial charge in [-0.3, -0.25) is 10.1 Å². The minimum Gasteiger partial charge on any atom is -0.462 e. The number of ether oxygens (including phenoxy) is 2. The lowest BCUT2D eigenvalue weighted by Crippen LogP contribution is -2.22. The summed E-state index contributed by atoms with van der Waals surface area (Å²) in [5.74, 6) is -1.72. The maximum atomic E-state index is 12.4. The Morgan fingerprint density at radius 2 is 1.63 bits per heavy atom. The smallest absolute Gasteiger partial charge is 0.338 e. The zero-order valence-electron chi connectivity index (χ0n) is 16.5. The second-order valence-electron chi connectivity index (χ2n) is 6.26. The normalized spacial score (nSPS) is 11.2. The lowest BCUT2D eigenvalue weighted by atomic mass is 10.1. The first-order chi connectivity index (χ1) is 14.1. The second-order valence-corrected chi connectivity index (χ2v) is 8.41. The van der Waals surface area contributed by atoms with Gasteiger partial charge in [-0.2, -0.15) is 0 Å². The highest BCUT2D eigenvalue weighted by Gasteiger charge is 2.20. The Balaban J connectivity index is 2.24. The molecule has 0 unspecified atom stereocenters. The molecule has 0 radical (unpaired) electrons. The highest BCUT2D eigenvalue weighted by atomic mass is 32.2. The highest BCUT2D eigenvalue weighted by molar-refractivity contribution is 7.89. The van der Waals surface area contributed by atoms with Crippen molar-refractivity contribution in [2.45, 2.75) is 18.4 Å². The average molecular weight is 436 g/mol. The van der Waals surface area contributed by atoms with Crippen LogP contribution in [0.1, 0.15) is 33.2 Å². The maximum Gasteiger partial charge on any atom is 0.338 e. The van der Waals surface area contributed by atoms with Crippen molar-refractivity contribution in [3.63, 3.8) is 0 Å². The Morgan fingerprint density at radius 1 is 1.03 bits per heavy atom. The fourth-order valence-corrected chi connectivity index (χ4v) is 3.38. The zero-order chi connectivity index (χ0) is 22.5. The van der Waals surface area contributed by atoms with Crippen molar-refractivity contribution in [3.8, 4) is 0 Å². The van der Waals surface area contributed by atoms with E-state index < -0.39 is 32.6 Å². The number of sulfonamides is 1. The Morgan fingerprint density at radius 3 is 2.17 bits per heavy atom. The first kappa shape index (κ1) is 23.0. The predicted molar refractivity (Wildman–Crippen MR) is 105 cm³/mol. The Labute approximate surface area is 173 Å². The van der Waals surface area contributed by atoms with Crippen LogP contribution in [0.15, 0.2) is 47.4 Å².